The van der Waals surface area contributed by atoms with Crippen molar-refractivity contribution in [1.82, 2.24) is 4.98 Å². The predicted octanol–water partition coefficient (Wildman–Crippen LogP) is 3.52. The number of ether oxygens (including phenoxy) is 1. The summed E-state index contributed by atoms with van der Waals surface area (Å²) >= 11 is 3.46. The van der Waals surface area contributed by atoms with Gasteiger partial charge in [0, 0.05) is 17.1 Å². The highest BCUT2D eigenvalue weighted by molar-refractivity contribution is 9.10. The van der Waals surface area contributed by atoms with Crippen molar-refractivity contribution < 1.29 is 4.74 Å². The number of aryl methyl sites for hydroxylation is 1. The molecule has 1 saturated heterocycles. The largest absolute Gasteiger partial charge is 0.375 e. The monoisotopic (exact) mass is 298 g/mol. The normalized spacial score (nSPS) is 23.4. The summed E-state index contributed by atoms with van der Waals surface area (Å²) < 4.78 is 6.76. The molecule has 1 atom stereocenters. The lowest BCUT2D eigenvalue weighted by Crippen LogP contribution is -2.40. The van der Waals surface area contributed by atoms with E-state index in [1.807, 2.05) is 19.1 Å². The molecule has 0 bridgehead atoms. The highest BCUT2D eigenvalue weighted by atomic mass is 79.9. The Morgan fingerprint density at radius 3 is 2.88 bits per heavy atom. The number of nitrogens with one attached hydrogen (secondary N) is 1. The lowest BCUT2D eigenvalue weighted by molar-refractivity contribution is -0.0553. The molecule has 0 aromatic carbocycles. The Morgan fingerprint density at radius 2 is 2.24 bits per heavy atom. The second-order valence-corrected chi connectivity index (χ2v) is 6.06. The molecule has 2 rings (SSSR count). The minimum absolute atomic E-state index is 0.0275. The van der Waals surface area contributed by atoms with Crippen LogP contribution in [0.25, 0.3) is 0 Å². The summed E-state index contributed by atoms with van der Waals surface area (Å²) in [5.41, 5.74) is 0.988. The molecule has 0 spiro atoms. The average molecular weight is 299 g/mol. The number of nitrogens with zero attached hydrogens (tertiary/aromatic N) is 1. The van der Waals surface area contributed by atoms with Gasteiger partial charge in [0.1, 0.15) is 5.82 Å². The molecule has 17 heavy (non-hydrogen) atoms. The molecule has 4 heteroatoms. The van der Waals surface area contributed by atoms with Crippen molar-refractivity contribution in [2.75, 3.05) is 11.9 Å². The van der Waals surface area contributed by atoms with E-state index < -0.39 is 0 Å². The van der Waals surface area contributed by atoms with Gasteiger partial charge >= 0.3 is 0 Å². The Morgan fingerprint density at radius 1 is 1.47 bits per heavy atom. The van der Waals surface area contributed by atoms with Gasteiger partial charge in [0.15, 0.2) is 0 Å². The summed E-state index contributed by atoms with van der Waals surface area (Å²) in [4.78, 5) is 4.52. The van der Waals surface area contributed by atoms with Crippen LogP contribution in [0.5, 0.6) is 0 Å². The van der Waals surface area contributed by atoms with Crippen LogP contribution >= 0.6 is 15.9 Å². The first-order valence-electron chi connectivity index (χ1n) is 6.00. The molecule has 1 aromatic heterocycles. The molecule has 0 radical (unpaired) electrons. The standard InChI is InChI=1S/C13H19BrN2O/c1-9-11(14)4-5-12(15-9)16-10-6-7-17-13(2,3)8-10/h4-5,10H,6-8H2,1-3H3,(H,15,16). The number of aromatic nitrogens is 1. The Labute approximate surface area is 111 Å². The Kier molecular flexibility index (Phi) is 3.73. The van der Waals surface area contributed by atoms with Gasteiger partial charge in [-0.3, -0.25) is 0 Å². The molecule has 1 fully saturated rings. The van der Waals surface area contributed by atoms with E-state index in [4.69, 9.17) is 4.74 Å². The zero-order chi connectivity index (χ0) is 12.5. The third-order valence-corrected chi connectivity index (χ3v) is 3.91. The van der Waals surface area contributed by atoms with E-state index in [9.17, 15) is 0 Å². The van der Waals surface area contributed by atoms with Crippen LogP contribution in [0.3, 0.4) is 0 Å². The molecule has 1 unspecified atom stereocenters. The summed E-state index contributed by atoms with van der Waals surface area (Å²) in [6.07, 6.45) is 2.06. The molecule has 0 aliphatic carbocycles. The number of hydrogen-bond acceptors (Lipinski definition) is 3. The number of pyridine rings is 1. The van der Waals surface area contributed by atoms with Crippen LogP contribution in [-0.2, 0) is 4.74 Å². The summed E-state index contributed by atoms with van der Waals surface area (Å²) in [6, 6.07) is 4.50. The van der Waals surface area contributed by atoms with Crippen molar-refractivity contribution in [3.63, 3.8) is 0 Å². The van der Waals surface area contributed by atoms with Crippen LogP contribution in [0, 0.1) is 6.92 Å². The maximum absolute atomic E-state index is 5.71. The molecule has 0 saturated carbocycles. The van der Waals surface area contributed by atoms with Gasteiger partial charge in [-0.2, -0.15) is 0 Å². The van der Waals surface area contributed by atoms with E-state index in [1.54, 1.807) is 0 Å². The second-order valence-electron chi connectivity index (χ2n) is 5.21. The smallest absolute Gasteiger partial charge is 0.126 e. The second kappa shape index (κ2) is 4.94. The number of halogens is 1. The zero-order valence-corrected chi connectivity index (χ0v) is 12.2. The summed E-state index contributed by atoms with van der Waals surface area (Å²) in [6.45, 7) is 7.10. The Balaban J connectivity index is 2.03. The zero-order valence-electron chi connectivity index (χ0n) is 10.6. The van der Waals surface area contributed by atoms with Crippen molar-refractivity contribution in [3.8, 4) is 0 Å². The first-order chi connectivity index (χ1) is 7.96. The molecule has 2 heterocycles. The topological polar surface area (TPSA) is 34.2 Å². The third-order valence-electron chi connectivity index (χ3n) is 3.07. The molecule has 3 nitrogen and oxygen atoms in total. The quantitative estimate of drug-likeness (QED) is 0.907. The van der Waals surface area contributed by atoms with Gasteiger partial charge in [0.25, 0.3) is 0 Å². The van der Waals surface area contributed by atoms with E-state index in [0.29, 0.717) is 6.04 Å². The molecule has 0 amide bonds. The van der Waals surface area contributed by atoms with Gasteiger partial charge in [0.2, 0.25) is 0 Å². The van der Waals surface area contributed by atoms with Gasteiger partial charge in [-0.1, -0.05) is 0 Å². The van der Waals surface area contributed by atoms with Crippen molar-refractivity contribution in [2.45, 2.75) is 45.3 Å². The van der Waals surface area contributed by atoms with Gasteiger partial charge in [-0.25, -0.2) is 4.98 Å². The van der Waals surface area contributed by atoms with Crippen molar-refractivity contribution >= 4 is 21.7 Å². The first-order valence-corrected chi connectivity index (χ1v) is 6.79. The number of hydrogen-bond donors (Lipinski definition) is 1. The minimum Gasteiger partial charge on any atom is -0.375 e. The van der Waals surface area contributed by atoms with Gasteiger partial charge in [-0.15, -0.1) is 0 Å². The van der Waals surface area contributed by atoms with Crippen molar-refractivity contribution in [2.24, 2.45) is 0 Å². The maximum atomic E-state index is 5.71. The third kappa shape index (κ3) is 3.42. The lowest BCUT2D eigenvalue weighted by atomic mass is 9.94. The van der Waals surface area contributed by atoms with Crippen LogP contribution in [0.1, 0.15) is 32.4 Å². The molecule has 1 aliphatic heterocycles. The van der Waals surface area contributed by atoms with Crippen LogP contribution in [0.4, 0.5) is 5.82 Å². The molecule has 1 aliphatic rings. The van der Waals surface area contributed by atoms with E-state index >= 15 is 0 Å². The molecular formula is C13H19BrN2O. The van der Waals surface area contributed by atoms with E-state index in [-0.39, 0.29) is 5.60 Å². The van der Waals surface area contributed by atoms with Gasteiger partial charge in [-0.05, 0) is 61.7 Å². The number of rotatable bonds is 2. The van der Waals surface area contributed by atoms with Crippen molar-refractivity contribution in [3.05, 3.63) is 22.3 Å². The summed E-state index contributed by atoms with van der Waals surface area (Å²) in [5.74, 6) is 0.952. The van der Waals surface area contributed by atoms with Crippen LogP contribution in [0.2, 0.25) is 0 Å². The van der Waals surface area contributed by atoms with E-state index in [0.717, 1.165) is 35.4 Å². The maximum Gasteiger partial charge on any atom is 0.126 e. The summed E-state index contributed by atoms with van der Waals surface area (Å²) in [5, 5.41) is 3.49. The van der Waals surface area contributed by atoms with Crippen LogP contribution in [0.15, 0.2) is 16.6 Å². The van der Waals surface area contributed by atoms with Crippen molar-refractivity contribution in [1.29, 1.82) is 0 Å². The van der Waals surface area contributed by atoms with Crippen LogP contribution in [-0.4, -0.2) is 23.2 Å². The fraction of sp³-hybridized carbons (Fsp3) is 0.615. The van der Waals surface area contributed by atoms with Gasteiger partial charge in [0.05, 0.1) is 11.3 Å². The SMILES string of the molecule is Cc1nc(NC2CCOC(C)(C)C2)ccc1Br. The van der Waals surface area contributed by atoms with Crippen LogP contribution < -0.4 is 5.32 Å². The Bertz CT molecular complexity index is 406. The fourth-order valence-corrected chi connectivity index (χ4v) is 2.41. The van der Waals surface area contributed by atoms with E-state index in [2.05, 4.69) is 40.1 Å². The van der Waals surface area contributed by atoms with Gasteiger partial charge < -0.3 is 10.1 Å². The highest BCUT2D eigenvalue weighted by Gasteiger charge is 2.28. The first kappa shape index (κ1) is 12.8. The molecule has 94 valence electrons. The predicted molar refractivity (Wildman–Crippen MR) is 73.3 cm³/mol. The molecular weight excluding hydrogens is 280 g/mol. The van der Waals surface area contributed by atoms with E-state index in [1.165, 1.54) is 0 Å². The lowest BCUT2D eigenvalue weighted by Gasteiger charge is -2.36. The summed E-state index contributed by atoms with van der Waals surface area (Å²) in [7, 11) is 0. The number of anilines is 1. The minimum atomic E-state index is -0.0275. The highest BCUT2D eigenvalue weighted by Crippen LogP contribution is 2.26. The fourth-order valence-electron chi connectivity index (χ4n) is 2.19. The molecule has 1 aromatic rings. The molecule has 1 N–H and O–H groups in total. The average Bonchev–Trinajstić information content (AvgIpc) is 2.22. The Hall–Kier alpha value is -0.610.